The molecule has 0 bridgehead atoms. The Hall–Kier alpha value is -0.570. The monoisotopic (exact) mass is 240 g/mol. The van der Waals surface area contributed by atoms with E-state index in [1.54, 1.807) is 0 Å². The molecule has 1 fully saturated rings. The summed E-state index contributed by atoms with van der Waals surface area (Å²) in [5, 5.41) is 6.46. The molecule has 3 heteroatoms. The largest absolute Gasteiger partial charge is 0.353 e. The standard InChI is InChI=1S/C14H28N2O/c1-10(2)12(4)16-14(17)9-11(3)13-5-7-15-8-6-13/h10-13,15H,5-9H2,1-4H3,(H,16,17). The van der Waals surface area contributed by atoms with Crippen molar-refractivity contribution in [3.05, 3.63) is 0 Å². The number of piperidine rings is 1. The molecule has 0 aromatic heterocycles. The Bertz CT molecular complexity index is 234. The molecule has 1 saturated heterocycles. The minimum absolute atomic E-state index is 0.220. The van der Waals surface area contributed by atoms with Crippen LogP contribution in [0.3, 0.4) is 0 Å². The predicted molar refractivity (Wildman–Crippen MR) is 71.8 cm³/mol. The van der Waals surface area contributed by atoms with Crippen LogP contribution in [0.2, 0.25) is 0 Å². The fourth-order valence-electron chi connectivity index (χ4n) is 2.35. The summed E-state index contributed by atoms with van der Waals surface area (Å²) in [7, 11) is 0. The van der Waals surface area contributed by atoms with E-state index in [1.807, 2.05) is 0 Å². The van der Waals surface area contributed by atoms with Crippen LogP contribution in [0.25, 0.3) is 0 Å². The van der Waals surface area contributed by atoms with E-state index in [0.717, 1.165) is 19.0 Å². The van der Waals surface area contributed by atoms with E-state index in [0.29, 0.717) is 18.3 Å². The van der Waals surface area contributed by atoms with E-state index >= 15 is 0 Å². The lowest BCUT2D eigenvalue weighted by Crippen LogP contribution is -2.38. The fraction of sp³-hybridized carbons (Fsp3) is 0.929. The van der Waals surface area contributed by atoms with E-state index in [-0.39, 0.29) is 11.9 Å². The third-order valence-corrected chi connectivity index (χ3v) is 4.08. The van der Waals surface area contributed by atoms with Gasteiger partial charge in [0, 0.05) is 12.5 Å². The van der Waals surface area contributed by atoms with Crippen molar-refractivity contribution >= 4 is 5.91 Å². The predicted octanol–water partition coefficient (Wildman–Crippen LogP) is 2.17. The molecule has 1 amide bonds. The van der Waals surface area contributed by atoms with Crippen LogP contribution >= 0.6 is 0 Å². The van der Waals surface area contributed by atoms with Crippen LogP contribution in [0.1, 0.15) is 47.0 Å². The molecular formula is C14H28N2O. The highest BCUT2D eigenvalue weighted by molar-refractivity contribution is 5.76. The van der Waals surface area contributed by atoms with Crippen LogP contribution in [0.4, 0.5) is 0 Å². The summed E-state index contributed by atoms with van der Waals surface area (Å²) < 4.78 is 0. The maximum absolute atomic E-state index is 11.9. The average Bonchev–Trinajstić information content (AvgIpc) is 2.29. The Morgan fingerprint density at radius 3 is 2.35 bits per heavy atom. The van der Waals surface area contributed by atoms with E-state index < -0.39 is 0 Å². The molecule has 1 heterocycles. The lowest BCUT2D eigenvalue weighted by Gasteiger charge is -2.28. The lowest BCUT2D eigenvalue weighted by molar-refractivity contribution is -0.123. The summed E-state index contributed by atoms with van der Waals surface area (Å²) in [4.78, 5) is 11.9. The Morgan fingerprint density at radius 1 is 1.24 bits per heavy atom. The molecule has 0 saturated carbocycles. The zero-order valence-corrected chi connectivity index (χ0v) is 11.8. The molecule has 0 aromatic rings. The molecule has 0 aromatic carbocycles. The van der Waals surface area contributed by atoms with Crippen LogP contribution in [0, 0.1) is 17.8 Å². The highest BCUT2D eigenvalue weighted by Crippen LogP contribution is 2.24. The number of rotatable bonds is 5. The second-order valence-corrected chi connectivity index (χ2v) is 5.87. The summed E-state index contributed by atoms with van der Waals surface area (Å²) in [5.74, 6) is 1.96. The highest BCUT2D eigenvalue weighted by atomic mass is 16.1. The van der Waals surface area contributed by atoms with E-state index in [4.69, 9.17) is 0 Å². The second-order valence-electron chi connectivity index (χ2n) is 5.87. The summed E-state index contributed by atoms with van der Waals surface area (Å²) >= 11 is 0. The molecule has 2 atom stereocenters. The third kappa shape index (κ3) is 5.07. The van der Waals surface area contributed by atoms with Crippen molar-refractivity contribution in [1.82, 2.24) is 10.6 Å². The Morgan fingerprint density at radius 2 is 1.82 bits per heavy atom. The maximum Gasteiger partial charge on any atom is 0.220 e. The minimum Gasteiger partial charge on any atom is -0.353 e. The second kappa shape index (κ2) is 7.00. The normalized spacial score (nSPS) is 21.2. The number of hydrogen-bond acceptors (Lipinski definition) is 2. The first kappa shape index (κ1) is 14.5. The van der Waals surface area contributed by atoms with Gasteiger partial charge in [0.15, 0.2) is 0 Å². The van der Waals surface area contributed by atoms with Crippen LogP contribution in [-0.2, 0) is 4.79 Å². The van der Waals surface area contributed by atoms with Gasteiger partial charge in [-0.05, 0) is 50.6 Å². The van der Waals surface area contributed by atoms with Gasteiger partial charge < -0.3 is 10.6 Å². The van der Waals surface area contributed by atoms with E-state index in [9.17, 15) is 4.79 Å². The first-order chi connectivity index (χ1) is 8.00. The third-order valence-electron chi connectivity index (χ3n) is 4.08. The van der Waals surface area contributed by atoms with Gasteiger partial charge in [0.25, 0.3) is 0 Å². The van der Waals surface area contributed by atoms with Crippen LogP contribution in [0.15, 0.2) is 0 Å². The first-order valence-corrected chi connectivity index (χ1v) is 7.00. The summed E-state index contributed by atoms with van der Waals surface area (Å²) in [6.45, 7) is 10.8. The molecule has 0 spiro atoms. The Labute approximate surface area is 106 Å². The van der Waals surface area contributed by atoms with Gasteiger partial charge in [0.05, 0.1) is 0 Å². The summed E-state index contributed by atoms with van der Waals surface area (Å²) in [5.41, 5.74) is 0. The first-order valence-electron chi connectivity index (χ1n) is 7.00. The van der Waals surface area contributed by atoms with Crippen molar-refractivity contribution in [3.63, 3.8) is 0 Å². The molecule has 1 aliphatic rings. The summed E-state index contributed by atoms with van der Waals surface area (Å²) in [6.07, 6.45) is 3.12. The number of nitrogens with one attached hydrogen (secondary N) is 2. The summed E-state index contributed by atoms with van der Waals surface area (Å²) in [6, 6.07) is 0.280. The van der Waals surface area contributed by atoms with Gasteiger partial charge in [-0.25, -0.2) is 0 Å². The van der Waals surface area contributed by atoms with E-state index in [2.05, 4.69) is 38.3 Å². The van der Waals surface area contributed by atoms with Crippen molar-refractivity contribution in [2.24, 2.45) is 17.8 Å². The van der Waals surface area contributed by atoms with Crippen molar-refractivity contribution in [3.8, 4) is 0 Å². The molecule has 2 unspecified atom stereocenters. The smallest absolute Gasteiger partial charge is 0.220 e. The number of carbonyl (C=O) groups is 1. The zero-order chi connectivity index (χ0) is 12.8. The molecule has 1 aliphatic heterocycles. The van der Waals surface area contributed by atoms with Crippen LogP contribution in [-0.4, -0.2) is 25.0 Å². The highest BCUT2D eigenvalue weighted by Gasteiger charge is 2.22. The quantitative estimate of drug-likeness (QED) is 0.773. The Balaban J connectivity index is 2.29. The van der Waals surface area contributed by atoms with Crippen molar-refractivity contribution in [1.29, 1.82) is 0 Å². The number of carbonyl (C=O) groups excluding carboxylic acids is 1. The van der Waals surface area contributed by atoms with Crippen molar-refractivity contribution in [2.45, 2.75) is 53.0 Å². The van der Waals surface area contributed by atoms with Gasteiger partial charge in [-0.3, -0.25) is 4.79 Å². The molecule has 100 valence electrons. The van der Waals surface area contributed by atoms with Crippen molar-refractivity contribution in [2.75, 3.05) is 13.1 Å². The SMILES string of the molecule is CC(C)C(C)NC(=O)CC(C)C1CCNCC1. The molecule has 0 radical (unpaired) electrons. The van der Waals surface area contributed by atoms with Gasteiger partial charge >= 0.3 is 0 Å². The van der Waals surface area contributed by atoms with E-state index in [1.165, 1.54) is 12.8 Å². The molecule has 3 nitrogen and oxygen atoms in total. The minimum atomic E-state index is 0.220. The van der Waals surface area contributed by atoms with Crippen LogP contribution in [0.5, 0.6) is 0 Å². The van der Waals surface area contributed by atoms with Crippen molar-refractivity contribution < 1.29 is 4.79 Å². The van der Waals surface area contributed by atoms with Gasteiger partial charge in [-0.15, -0.1) is 0 Å². The lowest BCUT2D eigenvalue weighted by atomic mass is 9.84. The Kier molecular flexibility index (Phi) is 5.96. The molecule has 2 N–H and O–H groups in total. The van der Waals surface area contributed by atoms with Gasteiger partial charge in [-0.2, -0.15) is 0 Å². The fourth-order valence-corrected chi connectivity index (χ4v) is 2.35. The zero-order valence-electron chi connectivity index (χ0n) is 11.8. The van der Waals surface area contributed by atoms with Gasteiger partial charge in [-0.1, -0.05) is 20.8 Å². The van der Waals surface area contributed by atoms with Gasteiger partial charge in [0.1, 0.15) is 0 Å². The average molecular weight is 240 g/mol. The molecular weight excluding hydrogens is 212 g/mol. The topological polar surface area (TPSA) is 41.1 Å². The number of amides is 1. The molecule has 0 aliphatic carbocycles. The number of hydrogen-bond donors (Lipinski definition) is 2. The van der Waals surface area contributed by atoms with Gasteiger partial charge in [0.2, 0.25) is 5.91 Å². The van der Waals surface area contributed by atoms with Crippen LogP contribution < -0.4 is 10.6 Å². The molecule has 1 rings (SSSR count). The maximum atomic E-state index is 11.9. The molecule has 17 heavy (non-hydrogen) atoms.